The van der Waals surface area contributed by atoms with E-state index in [1.165, 1.54) is 18.3 Å². The second kappa shape index (κ2) is 11.0. The normalized spacial score (nSPS) is 10.6. The average molecular weight is 421 g/mol. The zero-order valence-electron chi connectivity index (χ0n) is 15.8. The van der Waals surface area contributed by atoms with Gasteiger partial charge in [-0.2, -0.15) is 0 Å². The van der Waals surface area contributed by atoms with E-state index in [9.17, 15) is 14.4 Å². The van der Waals surface area contributed by atoms with Crippen LogP contribution in [0.4, 0.5) is 14.7 Å². The first-order valence-corrected chi connectivity index (χ1v) is 9.72. The molecular formula is C18H23N5O5S. The molecule has 0 saturated carbocycles. The summed E-state index contributed by atoms with van der Waals surface area (Å²) in [5.41, 5.74) is 2.98. The van der Waals surface area contributed by atoms with E-state index in [2.05, 4.69) is 15.6 Å². The minimum Gasteiger partial charge on any atom is -0.465 e. The van der Waals surface area contributed by atoms with E-state index in [1.807, 2.05) is 40.3 Å². The number of amides is 3. The number of hydrogen-bond donors (Lipinski definition) is 6. The fraction of sp³-hybridized carbons (Fsp3) is 0.333. The van der Waals surface area contributed by atoms with Gasteiger partial charge in [0.2, 0.25) is 5.91 Å². The van der Waals surface area contributed by atoms with Crippen LogP contribution in [0.5, 0.6) is 0 Å². The largest absolute Gasteiger partial charge is 0.465 e. The lowest BCUT2D eigenvalue weighted by atomic mass is 10.1. The first-order chi connectivity index (χ1) is 13.8. The Hall–Kier alpha value is -3.18. The minimum absolute atomic E-state index is 0.135. The van der Waals surface area contributed by atoms with Crippen LogP contribution in [-0.4, -0.2) is 39.6 Å². The van der Waals surface area contributed by atoms with Crippen molar-refractivity contribution in [2.45, 2.75) is 39.0 Å². The number of thiazole rings is 1. The van der Waals surface area contributed by atoms with E-state index >= 15 is 0 Å². The second-order valence-electron chi connectivity index (χ2n) is 6.21. The third kappa shape index (κ3) is 8.58. The molecule has 0 saturated heterocycles. The van der Waals surface area contributed by atoms with Crippen molar-refractivity contribution in [3.8, 4) is 0 Å². The first-order valence-electron chi connectivity index (χ1n) is 8.84. The van der Waals surface area contributed by atoms with Crippen molar-refractivity contribution in [3.05, 3.63) is 46.5 Å². The molecule has 0 spiro atoms. The topological polar surface area (TPSA) is 153 Å². The summed E-state index contributed by atoms with van der Waals surface area (Å²) in [5, 5.41) is 29.5. The second-order valence-corrected chi connectivity index (χ2v) is 7.07. The van der Waals surface area contributed by atoms with Gasteiger partial charge in [0, 0.05) is 18.8 Å². The fourth-order valence-electron chi connectivity index (χ4n) is 2.53. The number of carboxylic acid groups (broad SMARTS) is 2. The Balaban J connectivity index is 1.77. The van der Waals surface area contributed by atoms with Gasteiger partial charge in [-0.15, -0.1) is 11.3 Å². The molecule has 0 aliphatic heterocycles. The summed E-state index contributed by atoms with van der Waals surface area (Å²) in [6, 6.07) is 7.76. The Labute approximate surface area is 171 Å². The van der Waals surface area contributed by atoms with Gasteiger partial charge >= 0.3 is 12.2 Å². The van der Waals surface area contributed by atoms with Gasteiger partial charge in [0.1, 0.15) is 0 Å². The van der Waals surface area contributed by atoms with Crippen LogP contribution in [0.2, 0.25) is 0 Å². The van der Waals surface area contributed by atoms with Crippen LogP contribution < -0.4 is 21.3 Å². The molecule has 11 heteroatoms. The van der Waals surface area contributed by atoms with Crippen molar-refractivity contribution >= 4 is 34.6 Å². The van der Waals surface area contributed by atoms with Crippen molar-refractivity contribution in [1.29, 1.82) is 0 Å². The highest BCUT2D eigenvalue weighted by Gasteiger charge is 2.12. The molecule has 0 radical (unpaired) electrons. The molecule has 1 aromatic carbocycles. The van der Waals surface area contributed by atoms with E-state index in [4.69, 9.17) is 10.2 Å². The molecular weight excluding hydrogens is 398 g/mol. The van der Waals surface area contributed by atoms with Crippen LogP contribution in [0, 0.1) is 0 Å². The Morgan fingerprint density at radius 1 is 1.03 bits per heavy atom. The van der Waals surface area contributed by atoms with Crippen LogP contribution in [0.15, 0.2) is 29.6 Å². The lowest BCUT2D eigenvalue weighted by Gasteiger charge is -2.18. The highest BCUT2D eigenvalue weighted by molar-refractivity contribution is 7.13. The van der Waals surface area contributed by atoms with Crippen LogP contribution >= 0.6 is 11.3 Å². The number of aryl methyl sites for hydroxylation is 2. The predicted molar refractivity (Wildman–Crippen MR) is 108 cm³/mol. The molecule has 0 unspecified atom stereocenters. The van der Waals surface area contributed by atoms with Crippen LogP contribution in [0.25, 0.3) is 0 Å². The third-order valence-electron chi connectivity index (χ3n) is 3.80. The lowest BCUT2D eigenvalue weighted by Crippen LogP contribution is -2.55. The van der Waals surface area contributed by atoms with E-state index in [0.29, 0.717) is 5.13 Å². The number of aromatic nitrogens is 1. The van der Waals surface area contributed by atoms with Gasteiger partial charge in [-0.1, -0.05) is 24.3 Å². The zero-order valence-corrected chi connectivity index (χ0v) is 16.6. The number of benzene rings is 1. The Kier molecular flexibility index (Phi) is 8.37. The SMILES string of the molecule is CC(=O)Nc1nc(CCCc2ccc(CNC(NC(=O)O)NC(=O)O)cc2)cs1. The maximum atomic E-state index is 11.0. The molecule has 2 rings (SSSR count). The van der Waals surface area contributed by atoms with E-state index < -0.39 is 18.5 Å². The third-order valence-corrected chi connectivity index (χ3v) is 4.61. The van der Waals surface area contributed by atoms with Crippen LogP contribution in [0.1, 0.15) is 30.2 Å². The molecule has 0 bridgehead atoms. The number of rotatable bonds is 10. The van der Waals surface area contributed by atoms with E-state index in [1.54, 1.807) is 0 Å². The fourth-order valence-corrected chi connectivity index (χ4v) is 3.32. The van der Waals surface area contributed by atoms with Crippen LogP contribution in [-0.2, 0) is 24.2 Å². The molecule has 0 atom stereocenters. The van der Waals surface area contributed by atoms with Crippen molar-refractivity contribution in [1.82, 2.24) is 20.9 Å². The summed E-state index contributed by atoms with van der Waals surface area (Å²) in [4.78, 5) is 36.8. The van der Waals surface area contributed by atoms with Gasteiger partial charge in [0.15, 0.2) is 11.4 Å². The summed E-state index contributed by atoms with van der Waals surface area (Å²) in [6.45, 7) is 1.74. The Bertz CT molecular complexity index is 823. The van der Waals surface area contributed by atoms with E-state index in [0.717, 1.165) is 36.1 Å². The number of carbonyl (C=O) groups excluding carboxylic acids is 1. The van der Waals surface area contributed by atoms with Gasteiger partial charge in [-0.05, 0) is 30.4 Å². The summed E-state index contributed by atoms with van der Waals surface area (Å²) >= 11 is 1.41. The van der Waals surface area contributed by atoms with Gasteiger partial charge in [0.05, 0.1) is 5.69 Å². The van der Waals surface area contributed by atoms with Gasteiger partial charge < -0.3 is 15.5 Å². The number of carbonyl (C=O) groups is 3. The highest BCUT2D eigenvalue weighted by atomic mass is 32.1. The monoisotopic (exact) mass is 421 g/mol. The molecule has 29 heavy (non-hydrogen) atoms. The lowest BCUT2D eigenvalue weighted by molar-refractivity contribution is -0.114. The number of anilines is 1. The number of hydrogen-bond acceptors (Lipinski definition) is 6. The molecule has 6 N–H and O–H groups in total. The Morgan fingerprint density at radius 3 is 2.24 bits per heavy atom. The van der Waals surface area contributed by atoms with Gasteiger partial charge in [0.25, 0.3) is 0 Å². The van der Waals surface area contributed by atoms with Crippen LogP contribution in [0.3, 0.4) is 0 Å². The minimum atomic E-state index is -1.34. The number of nitrogens with one attached hydrogen (secondary N) is 4. The van der Waals surface area contributed by atoms with Crippen molar-refractivity contribution in [2.24, 2.45) is 0 Å². The molecule has 1 aromatic heterocycles. The molecule has 156 valence electrons. The highest BCUT2D eigenvalue weighted by Crippen LogP contribution is 2.17. The average Bonchev–Trinajstić information content (AvgIpc) is 3.06. The summed E-state index contributed by atoms with van der Waals surface area (Å²) in [6.07, 6.45) is -1.20. The maximum absolute atomic E-state index is 11.0. The quantitative estimate of drug-likeness (QED) is 0.322. The predicted octanol–water partition coefficient (Wildman–Crippen LogP) is 2.19. The maximum Gasteiger partial charge on any atom is 0.407 e. The van der Waals surface area contributed by atoms with Gasteiger partial charge in [-0.25, -0.2) is 14.6 Å². The molecule has 10 nitrogen and oxygen atoms in total. The molecule has 2 aromatic rings. The van der Waals surface area contributed by atoms with Crippen molar-refractivity contribution in [3.63, 3.8) is 0 Å². The molecule has 3 amide bonds. The molecule has 0 aliphatic rings. The summed E-state index contributed by atoms with van der Waals surface area (Å²) in [5.74, 6) is -0.135. The smallest absolute Gasteiger partial charge is 0.407 e. The molecule has 0 aliphatic carbocycles. The standard InChI is InChI=1S/C18H23N5O5S/c1-11(24)20-16-21-14(10-29-16)4-2-3-12-5-7-13(8-6-12)9-19-15(22-17(25)26)23-18(27)28/h5-8,10,15,19,22-23H,2-4,9H2,1H3,(H,25,26)(H,27,28)(H,20,21,24). The summed E-state index contributed by atoms with van der Waals surface area (Å²) < 4.78 is 0. The first kappa shape index (κ1) is 22.1. The van der Waals surface area contributed by atoms with Crippen molar-refractivity contribution in [2.75, 3.05) is 5.32 Å². The Morgan fingerprint density at radius 2 is 1.66 bits per heavy atom. The van der Waals surface area contributed by atoms with E-state index in [-0.39, 0.29) is 12.5 Å². The summed E-state index contributed by atoms with van der Waals surface area (Å²) in [7, 11) is 0. The van der Waals surface area contributed by atoms with Gasteiger partial charge in [-0.3, -0.25) is 20.7 Å². The zero-order chi connectivity index (χ0) is 21.2. The molecule has 1 heterocycles. The molecule has 0 fully saturated rings. The number of nitrogens with zero attached hydrogens (tertiary/aromatic N) is 1. The van der Waals surface area contributed by atoms with Crippen molar-refractivity contribution < 1.29 is 24.6 Å².